The van der Waals surface area contributed by atoms with Crippen LogP contribution in [0.2, 0.25) is 0 Å². The fourth-order valence-electron chi connectivity index (χ4n) is 2.15. The van der Waals surface area contributed by atoms with E-state index in [4.69, 9.17) is 0 Å². The highest BCUT2D eigenvalue weighted by molar-refractivity contribution is 8.13. The van der Waals surface area contributed by atoms with Crippen LogP contribution in [0.4, 0.5) is 0 Å². The van der Waals surface area contributed by atoms with Crippen molar-refractivity contribution in [2.75, 3.05) is 5.75 Å². The van der Waals surface area contributed by atoms with E-state index in [1.54, 1.807) is 12.1 Å². The molecule has 4 nitrogen and oxygen atoms in total. The van der Waals surface area contributed by atoms with Crippen LogP contribution in [0.1, 0.15) is 44.5 Å². The molecule has 22 heavy (non-hydrogen) atoms. The van der Waals surface area contributed by atoms with E-state index < -0.39 is 0 Å². The Morgan fingerprint density at radius 3 is 2.32 bits per heavy atom. The van der Waals surface area contributed by atoms with Crippen molar-refractivity contribution in [2.24, 2.45) is 11.8 Å². The molecule has 0 aliphatic carbocycles. The van der Waals surface area contributed by atoms with Crippen LogP contribution < -0.4 is 10.9 Å². The molecule has 1 rings (SSSR count). The van der Waals surface area contributed by atoms with Gasteiger partial charge in [0.1, 0.15) is 0 Å². The minimum atomic E-state index is -0.183. The lowest BCUT2D eigenvalue weighted by Gasteiger charge is -2.25. The van der Waals surface area contributed by atoms with Crippen LogP contribution in [0.15, 0.2) is 30.3 Å². The smallest absolute Gasteiger partial charge is 0.265 e. The largest absolute Gasteiger partial charge is 0.287 e. The van der Waals surface area contributed by atoms with Gasteiger partial charge in [-0.05, 0) is 30.2 Å². The highest BCUT2D eigenvalue weighted by atomic mass is 32.2. The van der Waals surface area contributed by atoms with Gasteiger partial charge in [0.25, 0.3) is 5.91 Å². The minimum Gasteiger partial charge on any atom is -0.287 e. The van der Waals surface area contributed by atoms with Gasteiger partial charge in [0.15, 0.2) is 5.12 Å². The highest BCUT2D eigenvalue weighted by Gasteiger charge is 2.25. The van der Waals surface area contributed by atoms with Gasteiger partial charge in [0.05, 0.1) is 0 Å². The molecule has 122 valence electrons. The Bertz CT molecular complexity index is 477. The van der Waals surface area contributed by atoms with Crippen molar-refractivity contribution in [1.29, 1.82) is 0 Å². The second kappa shape index (κ2) is 9.64. The molecule has 2 N–H and O–H groups in total. The lowest BCUT2D eigenvalue weighted by atomic mass is 9.94. The first kappa shape index (κ1) is 18.7. The van der Waals surface area contributed by atoms with Crippen LogP contribution in [0.3, 0.4) is 0 Å². The third kappa shape index (κ3) is 6.20. The molecule has 0 aromatic heterocycles. The molecule has 0 heterocycles. The quantitative estimate of drug-likeness (QED) is 0.721. The topological polar surface area (TPSA) is 58.2 Å². The molecule has 0 saturated carbocycles. The Morgan fingerprint density at radius 2 is 1.77 bits per heavy atom. The summed E-state index contributed by atoms with van der Waals surface area (Å²) in [5.41, 5.74) is 6.38. The lowest BCUT2D eigenvalue weighted by Crippen LogP contribution is -2.49. The summed E-state index contributed by atoms with van der Waals surface area (Å²) in [4.78, 5) is 24.2. The summed E-state index contributed by atoms with van der Waals surface area (Å²) in [7, 11) is 0. The Hall–Kier alpha value is -1.33. The minimum absolute atomic E-state index is 0.0702. The molecule has 2 unspecified atom stereocenters. The predicted octanol–water partition coefficient (Wildman–Crippen LogP) is 3.25. The summed E-state index contributed by atoms with van der Waals surface area (Å²) < 4.78 is 0. The molecule has 1 aromatic carbocycles. The van der Waals surface area contributed by atoms with Crippen LogP contribution >= 0.6 is 11.8 Å². The summed E-state index contributed by atoms with van der Waals surface area (Å²) in [5, 5.41) is 0.162. The van der Waals surface area contributed by atoms with Gasteiger partial charge < -0.3 is 0 Å². The zero-order valence-corrected chi connectivity index (χ0v) is 14.6. The number of carbonyl (C=O) groups excluding carboxylic acids is 2. The van der Waals surface area contributed by atoms with Crippen LogP contribution in [-0.4, -0.2) is 22.8 Å². The average Bonchev–Trinajstić information content (AvgIpc) is 2.51. The Kier molecular flexibility index (Phi) is 8.20. The van der Waals surface area contributed by atoms with Gasteiger partial charge in [-0.2, -0.15) is 0 Å². The number of benzene rings is 1. The van der Waals surface area contributed by atoms with E-state index in [-0.39, 0.29) is 23.0 Å². The number of nitrogens with one attached hydrogen (secondary N) is 2. The molecule has 0 aliphatic rings. The first-order valence-corrected chi connectivity index (χ1v) is 8.71. The number of amides is 1. The fourth-order valence-corrected chi connectivity index (χ4v) is 2.87. The van der Waals surface area contributed by atoms with Crippen molar-refractivity contribution < 1.29 is 9.59 Å². The van der Waals surface area contributed by atoms with Gasteiger partial charge in [-0.1, -0.05) is 57.7 Å². The van der Waals surface area contributed by atoms with Crippen LogP contribution in [-0.2, 0) is 4.79 Å². The first-order chi connectivity index (χ1) is 10.5. The normalized spacial score (nSPS) is 13.7. The van der Waals surface area contributed by atoms with Gasteiger partial charge in [-0.25, -0.2) is 5.43 Å². The first-order valence-electron chi connectivity index (χ1n) is 7.73. The number of carbonyl (C=O) groups is 2. The zero-order valence-electron chi connectivity index (χ0n) is 13.8. The standard InChI is InChI=1S/C17H26N2O2S/c1-5-22-17(21)13(4)15(11-12(2)3)18-19-16(20)14-9-7-6-8-10-14/h6-10,12-13,15,18H,5,11H2,1-4H3,(H,19,20). The number of rotatable bonds is 8. The van der Waals surface area contributed by atoms with E-state index in [0.29, 0.717) is 11.5 Å². The molecule has 0 fully saturated rings. The van der Waals surface area contributed by atoms with Crippen molar-refractivity contribution >= 4 is 22.8 Å². The maximum Gasteiger partial charge on any atom is 0.265 e. The molecule has 0 bridgehead atoms. The number of thioether (sulfide) groups is 1. The van der Waals surface area contributed by atoms with E-state index in [1.807, 2.05) is 32.0 Å². The van der Waals surface area contributed by atoms with Crippen molar-refractivity contribution in [3.05, 3.63) is 35.9 Å². The van der Waals surface area contributed by atoms with Gasteiger partial charge in [-0.3, -0.25) is 15.0 Å². The molecule has 0 radical (unpaired) electrons. The molecule has 5 heteroatoms. The fraction of sp³-hybridized carbons (Fsp3) is 0.529. The van der Waals surface area contributed by atoms with Gasteiger partial charge in [-0.15, -0.1) is 0 Å². The molecule has 0 saturated heterocycles. The molecule has 1 amide bonds. The molecule has 0 spiro atoms. The summed E-state index contributed by atoms with van der Waals surface area (Å²) in [5.74, 6) is 0.877. The van der Waals surface area contributed by atoms with Crippen molar-refractivity contribution in [3.8, 4) is 0 Å². The third-order valence-electron chi connectivity index (χ3n) is 3.39. The lowest BCUT2D eigenvalue weighted by molar-refractivity contribution is -0.114. The van der Waals surface area contributed by atoms with Crippen molar-refractivity contribution in [1.82, 2.24) is 10.9 Å². The van der Waals surface area contributed by atoms with Crippen molar-refractivity contribution in [2.45, 2.75) is 40.2 Å². The Morgan fingerprint density at radius 1 is 1.14 bits per heavy atom. The predicted molar refractivity (Wildman–Crippen MR) is 92.6 cm³/mol. The van der Waals surface area contributed by atoms with E-state index in [9.17, 15) is 9.59 Å². The van der Waals surface area contributed by atoms with E-state index >= 15 is 0 Å². The molecule has 1 aromatic rings. The third-order valence-corrected chi connectivity index (χ3v) is 4.34. The molecule has 2 atom stereocenters. The molecule has 0 aliphatic heterocycles. The van der Waals surface area contributed by atoms with E-state index in [1.165, 1.54) is 11.8 Å². The maximum absolute atomic E-state index is 12.1. The van der Waals surface area contributed by atoms with Crippen molar-refractivity contribution in [3.63, 3.8) is 0 Å². The summed E-state index contributed by atoms with van der Waals surface area (Å²) in [6.07, 6.45) is 0.826. The van der Waals surface area contributed by atoms with Gasteiger partial charge in [0.2, 0.25) is 0 Å². The van der Waals surface area contributed by atoms with Crippen LogP contribution in [0.5, 0.6) is 0 Å². The molecular formula is C17H26N2O2S. The maximum atomic E-state index is 12.1. The summed E-state index contributed by atoms with van der Waals surface area (Å²) in [6.45, 7) is 8.10. The summed E-state index contributed by atoms with van der Waals surface area (Å²) in [6, 6.07) is 8.97. The number of hydrogen-bond acceptors (Lipinski definition) is 4. The zero-order chi connectivity index (χ0) is 16.5. The van der Waals surface area contributed by atoms with Crippen LogP contribution in [0.25, 0.3) is 0 Å². The number of hydrazine groups is 1. The van der Waals surface area contributed by atoms with E-state index in [2.05, 4.69) is 24.7 Å². The number of hydrogen-bond donors (Lipinski definition) is 2. The monoisotopic (exact) mass is 322 g/mol. The Labute approximate surface area is 137 Å². The average molecular weight is 322 g/mol. The Balaban J connectivity index is 2.65. The van der Waals surface area contributed by atoms with Gasteiger partial charge in [0, 0.05) is 17.5 Å². The SMILES string of the molecule is CCSC(=O)C(C)C(CC(C)C)NNC(=O)c1ccccc1. The summed E-state index contributed by atoms with van der Waals surface area (Å²) >= 11 is 1.33. The second-order valence-corrected chi connectivity index (χ2v) is 7.01. The van der Waals surface area contributed by atoms with E-state index in [0.717, 1.165) is 12.2 Å². The van der Waals surface area contributed by atoms with Crippen LogP contribution in [0, 0.1) is 11.8 Å². The van der Waals surface area contributed by atoms with Gasteiger partial charge >= 0.3 is 0 Å². The molecular weight excluding hydrogens is 296 g/mol. The highest BCUT2D eigenvalue weighted by Crippen LogP contribution is 2.19. The second-order valence-electron chi connectivity index (χ2n) is 5.74.